The average molecular weight is 297 g/mol. The fourth-order valence-corrected chi connectivity index (χ4v) is 3.04. The molecule has 0 bridgehead atoms. The summed E-state index contributed by atoms with van der Waals surface area (Å²) in [4.78, 5) is 0. The van der Waals surface area contributed by atoms with E-state index in [0.717, 1.165) is 17.7 Å². The van der Waals surface area contributed by atoms with Gasteiger partial charge in [0.2, 0.25) is 10.0 Å². The molecule has 0 aliphatic heterocycles. The lowest BCUT2D eigenvalue weighted by Crippen LogP contribution is -2.15. The van der Waals surface area contributed by atoms with Gasteiger partial charge in [-0.25, -0.2) is 17.2 Å². The standard InChI is InChI=1S/C14H13F2NO2S/c1-10-4-2-3-5-11(10)9-20(18,19)17-12-6-7-13(15)14(16)8-12/h2-8,17H,9H2,1H3. The van der Waals surface area contributed by atoms with Crippen molar-refractivity contribution in [2.75, 3.05) is 4.72 Å². The van der Waals surface area contributed by atoms with Crippen molar-refractivity contribution in [2.45, 2.75) is 12.7 Å². The number of hydrogen-bond acceptors (Lipinski definition) is 2. The molecule has 2 aromatic rings. The molecule has 0 aliphatic carbocycles. The van der Waals surface area contributed by atoms with E-state index < -0.39 is 21.7 Å². The molecular formula is C14H13F2NO2S. The molecule has 3 nitrogen and oxygen atoms in total. The maximum absolute atomic E-state index is 13.0. The third-order valence-electron chi connectivity index (χ3n) is 2.80. The summed E-state index contributed by atoms with van der Waals surface area (Å²) in [5, 5.41) is 0. The highest BCUT2D eigenvalue weighted by Crippen LogP contribution is 2.17. The van der Waals surface area contributed by atoms with E-state index in [1.807, 2.05) is 19.1 Å². The van der Waals surface area contributed by atoms with Crippen LogP contribution >= 0.6 is 0 Å². The van der Waals surface area contributed by atoms with Crippen LogP contribution in [-0.2, 0) is 15.8 Å². The van der Waals surface area contributed by atoms with Crippen LogP contribution in [0.2, 0.25) is 0 Å². The number of halogens is 2. The van der Waals surface area contributed by atoms with Crippen molar-refractivity contribution < 1.29 is 17.2 Å². The van der Waals surface area contributed by atoms with Gasteiger partial charge in [0.25, 0.3) is 0 Å². The van der Waals surface area contributed by atoms with Crippen molar-refractivity contribution in [3.05, 3.63) is 65.2 Å². The van der Waals surface area contributed by atoms with Crippen LogP contribution in [0, 0.1) is 18.6 Å². The first-order valence-electron chi connectivity index (χ1n) is 5.87. The molecule has 0 atom stereocenters. The number of anilines is 1. The Morgan fingerprint density at radius 1 is 1.05 bits per heavy atom. The van der Waals surface area contributed by atoms with Crippen LogP contribution in [0.25, 0.3) is 0 Å². The summed E-state index contributed by atoms with van der Waals surface area (Å²) in [6.45, 7) is 1.81. The van der Waals surface area contributed by atoms with Crippen LogP contribution in [0.15, 0.2) is 42.5 Å². The Labute approximate surface area is 116 Å². The van der Waals surface area contributed by atoms with Crippen LogP contribution in [0.4, 0.5) is 14.5 Å². The number of benzene rings is 2. The molecule has 0 heterocycles. The van der Waals surface area contributed by atoms with Gasteiger partial charge in [-0.05, 0) is 30.2 Å². The molecule has 0 aliphatic rings. The van der Waals surface area contributed by atoms with Crippen molar-refractivity contribution >= 4 is 15.7 Å². The molecule has 1 N–H and O–H groups in total. The number of aryl methyl sites for hydroxylation is 1. The van der Waals surface area contributed by atoms with E-state index in [2.05, 4.69) is 4.72 Å². The molecule has 0 unspecified atom stereocenters. The van der Waals surface area contributed by atoms with Gasteiger partial charge < -0.3 is 0 Å². The molecule has 2 rings (SSSR count). The molecular weight excluding hydrogens is 284 g/mol. The summed E-state index contributed by atoms with van der Waals surface area (Å²) in [5.74, 6) is -2.34. The molecule has 0 amide bonds. The lowest BCUT2D eigenvalue weighted by Gasteiger charge is -2.10. The highest BCUT2D eigenvalue weighted by Gasteiger charge is 2.14. The zero-order valence-electron chi connectivity index (χ0n) is 10.7. The van der Waals surface area contributed by atoms with Crippen LogP contribution in [0.3, 0.4) is 0 Å². The summed E-state index contributed by atoms with van der Waals surface area (Å²) in [7, 11) is -3.68. The first kappa shape index (κ1) is 14.5. The summed E-state index contributed by atoms with van der Waals surface area (Å²) < 4.78 is 52.0. The zero-order chi connectivity index (χ0) is 14.8. The van der Waals surface area contributed by atoms with Crippen LogP contribution < -0.4 is 4.72 Å². The zero-order valence-corrected chi connectivity index (χ0v) is 11.5. The van der Waals surface area contributed by atoms with E-state index in [4.69, 9.17) is 0 Å². The van der Waals surface area contributed by atoms with E-state index in [9.17, 15) is 17.2 Å². The summed E-state index contributed by atoms with van der Waals surface area (Å²) in [6, 6.07) is 9.94. The molecule has 6 heteroatoms. The monoisotopic (exact) mass is 297 g/mol. The predicted octanol–water partition coefficient (Wildman–Crippen LogP) is 3.22. The molecule has 0 saturated carbocycles. The van der Waals surface area contributed by atoms with Crippen LogP contribution in [0.5, 0.6) is 0 Å². The fraction of sp³-hybridized carbons (Fsp3) is 0.143. The molecule has 0 saturated heterocycles. The molecule has 20 heavy (non-hydrogen) atoms. The Hall–Kier alpha value is -1.95. The van der Waals surface area contributed by atoms with Gasteiger partial charge >= 0.3 is 0 Å². The van der Waals surface area contributed by atoms with Gasteiger partial charge in [-0.3, -0.25) is 4.72 Å². The smallest absolute Gasteiger partial charge is 0.236 e. The summed E-state index contributed by atoms with van der Waals surface area (Å²) >= 11 is 0. The fourth-order valence-electron chi connectivity index (χ4n) is 1.75. The van der Waals surface area contributed by atoms with E-state index in [0.29, 0.717) is 5.56 Å². The first-order valence-corrected chi connectivity index (χ1v) is 7.53. The third kappa shape index (κ3) is 3.54. The minimum absolute atomic E-state index is 0.00233. The number of nitrogens with one attached hydrogen (secondary N) is 1. The van der Waals surface area contributed by atoms with Gasteiger partial charge in [-0.2, -0.15) is 0 Å². The Balaban J connectivity index is 2.19. The highest BCUT2D eigenvalue weighted by molar-refractivity contribution is 7.91. The second-order valence-corrected chi connectivity index (χ2v) is 6.14. The van der Waals surface area contributed by atoms with E-state index in [-0.39, 0.29) is 11.4 Å². The topological polar surface area (TPSA) is 46.2 Å². The van der Waals surface area contributed by atoms with Crippen molar-refractivity contribution in [3.8, 4) is 0 Å². The molecule has 0 fully saturated rings. The minimum Gasteiger partial charge on any atom is -0.283 e. The average Bonchev–Trinajstić information content (AvgIpc) is 2.36. The largest absolute Gasteiger partial charge is 0.283 e. The molecule has 0 radical (unpaired) electrons. The van der Waals surface area contributed by atoms with Crippen LogP contribution in [-0.4, -0.2) is 8.42 Å². The van der Waals surface area contributed by atoms with Gasteiger partial charge in [-0.1, -0.05) is 24.3 Å². The first-order chi connectivity index (χ1) is 9.37. The van der Waals surface area contributed by atoms with Gasteiger partial charge in [0.1, 0.15) is 0 Å². The highest BCUT2D eigenvalue weighted by atomic mass is 32.2. The lowest BCUT2D eigenvalue weighted by molar-refractivity contribution is 0.509. The second-order valence-electron chi connectivity index (χ2n) is 4.42. The normalized spacial score (nSPS) is 11.3. The quantitative estimate of drug-likeness (QED) is 0.942. The number of rotatable bonds is 4. The summed E-state index contributed by atoms with van der Waals surface area (Å²) in [6.07, 6.45) is 0. The van der Waals surface area contributed by atoms with Gasteiger partial charge in [-0.15, -0.1) is 0 Å². The van der Waals surface area contributed by atoms with E-state index in [1.54, 1.807) is 12.1 Å². The Kier molecular flexibility index (Phi) is 4.04. The maximum atomic E-state index is 13.0. The van der Waals surface area contributed by atoms with E-state index >= 15 is 0 Å². The number of sulfonamides is 1. The van der Waals surface area contributed by atoms with Gasteiger partial charge in [0.05, 0.1) is 11.4 Å². The summed E-state index contributed by atoms with van der Waals surface area (Å²) in [5.41, 5.74) is 1.50. The lowest BCUT2D eigenvalue weighted by atomic mass is 10.1. The van der Waals surface area contributed by atoms with E-state index in [1.165, 1.54) is 6.07 Å². The van der Waals surface area contributed by atoms with Crippen molar-refractivity contribution in [1.82, 2.24) is 0 Å². The SMILES string of the molecule is Cc1ccccc1CS(=O)(=O)Nc1ccc(F)c(F)c1. The third-order valence-corrected chi connectivity index (χ3v) is 4.04. The Bertz CT molecular complexity index is 730. The molecule has 0 aromatic heterocycles. The molecule has 0 spiro atoms. The van der Waals surface area contributed by atoms with Crippen molar-refractivity contribution in [3.63, 3.8) is 0 Å². The van der Waals surface area contributed by atoms with Crippen molar-refractivity contribution in [2.24, 2.45) is 0 Å². The number of hydrogen-bond donors (Lipinski definition) is 1. The van der Waals surface area contributed by atoms with Crippen molar-refractivity contribution in [1.29, 1.82) is 0 Å². The van der Waals surface area contributed by atoms with Gasteiger partial charge in [0.15, 0.2) is 11.6 Å². The van der Waals surface area contributed by atoms with Crippen LogP contribution in [0.1, 0.15) is 11.1 Å². The molecule has 2 aromatic carbocycles. The Morgan fingerprint density at radius 2 is 1.75 bits per heavy atom. The minimum atomic E-state index is -3.68. The maximum Gasteiger partial charge on any atom is 0.236 e. The van der Waals surface area contributed by atoms with Gasteiger partial charge in [0, 0.05) is 6.07 Å². The second kappa shape index (κ2) is 5.58. The molecule has 106 valence electrons. The predicted molar refractivity (Wildman–Crippen MR) is 73.8 cm³/mol. The Morgan fingerprint density at radius 3 is 2.40 bits per heavy atom.